The summed E-state index contributed by atoms with van der Waals surface area (Å²) in [5.41, 5.74) is 4.33. The average molecular weight is 373 g/mol. The van der Waals surface area contributed by atoms with Crippen molar-refractivity contribution in [1.82, 2.24) is 14.9 Å². The van der Waals surface area contributed by atoms with Crippen molar-refractivity contribution in [2.45, 2.75) is 19.6 Å². The first-order valence-electron chi connectivity index (χ1n) is 9.15. The second-order valence-corrected chi connectivity index (χ2v) is 7.08. The van der Waals surface area contributed by atoms with E-state index in [0.29, 0.717) is 18.7 Å². The quantitative estimate of drug-likeness (QED) is 0.501. The van der Waals surface area contributed by atoms with Crippen molar-refractivity contribution < 1.29 is 8.78 Å². The Morgan fingerprint density at radius 3 is 2.43 bits per heavy atom. The van der Waals surface area contributed by atoms with Crippen molar-refractivity contribution >= 4 is 10.9 Å². The lowest BCUT2D eigenvalue weighted by molar-refractivity contribution is 0.265. The molecule has 0 aliphatic carbocycles. The van der Waals surface area contributed by atoms with Crippen molar-refractivity contribution in [2.75, 3.05) is 0 Å². The van der Waals surface area contributed by atoms with E-state index in [1.807, 2.05) is 47.4 Å². The summed E-state index contributed by atoms with van der Waals surface area (Å²) in [6, 6.07) is 16.1. The van der Waals surface area contributed by atoms with Gasteiger partial charge in [0.15, 0.2) is 0 Å². The van der Waals surface area contributed by atoms with E-state index in [9.17, 15) is 8.78 Å². The summed E-state index contributed by atoms with van der Waals surface area (Å²) >= 11 is 0. The molecule has 1 aliphatic rings. The highest BCUT2D eigenvalue weighted by atomic mass is 19.1. The standard InChI is InChI=1S/C23H17F2N3/c24-20-10-18(15-5-6-22-16(9-15)3-1-7-26-22)11-21(25)19(20)13-28-12-17-4-2-8-27-23(17)14-28/h1-11H,12-14H2. The molecule has 0 saturated carbocycles. The van der Waals surface area contributed by atoms with Gasteiger partial charge in [0.25, 0.3) is 0 Å². The van der Waals surface area contributed by atoms with E-state index >= 15 is 0 Å². The van der Waals surface area contributed by atoms with Crippen LogP contribution in [0.4, 0.5) is 8.78 Å². The third-order valence-electron chi connectivity index (χ3n) is 5.21. The zero-order chi connectivity index (χ0) is 19.1. The van der Waals surface area contributed by atoms with Crippen LogP contribution in [-0.4, -0.2) is 14.9 Å². The molecular formula is C23H17F2N3. The second kappa shape index (κ2) is 6.77. The molecule has 0 bridgehead atoms. The number of benzene rings is 2. The van der Waals surface area contributed by atoms with Crippen LogP contribution in [0.25, 0.3) is 22.0 Å². The predicted octanol–water partition coefficient (Wildman–Crippen LogP) is 5.09. The van der Waals surface area contributed by atoms with Gasteiger partial charge in [-0.15, -0.1) is 0 Å². The normalized spacial score (nSPS) is 13.8. The summed E-state index contributed by atoms with van der Waals surface area (Å²) in [4.78, 5) is 10.6. The van der Waals surface area contributed by atoms with E-state index in [0.717, 1.165) is 27.7 Å². The van der Waals surface area contributed by atoms with Crippen molar-refractivity contribution in [3.63, 3.8) is 0 Å². The number of pyridine rings is 2. The van der Waals surface area contributed by atoms with Crippen LogP contribution in [0, 0.1) is 11.6 Å². The Morgan fingerprint density at radius 2 is 1.61 bits per heavy atom. The summed E-state index contributed by atoms with van der Waals surface area (Å²) in [5.74, 6) is -1.05. The third kappa shape index (κ3) is 3.04. The Hall–Kier alpha value is -3.18. The predicted molar refractivity (Wildman–Crippen MR) is 104 cm³/mol. The average Bonchev–Trinajstić information content (AvgIpc) is 3.13. The van der Waals surface area contributed by atoms with Crippen LogP contribution in [0.2, 0.25) is 0 Å². The molecule has 0 radical (unpaired) electrons. The van der Waals surface area contributed by atoms with Gasteiger partial charge in [0.1, 0.15) is 11.6 Å². The molecule has 5 heteroatoms. The van der Waals surface area contributed by atoms with Crippen LogP contribution in [-0.2, 0) is 19.6 Å². The molecular weight excluding hydrogens is 356 g/mol. The monoisotopic (exact) mass is 373 g/mol. The van der Waals surface area contributed by atoms with E-state index in [4.69, 9.17) is 0 Å². The van der Waals surface area contributed by atoms with Gasteiger partial charge >= 0.3 is 0 Å². The van der Waals surface area contributed by atoms with Crippen LogP contribution >= 0.6 is 0 Å². The van der Waals surface area contributed by atoms with E-state index in [2.05, 4.69) is 9.97 Å². The molecule has 0 amide bonds. The maximum Gasteiger partial charge on any atom is 0.131 e. The Labute approximate surface area is 161 Å². The van der Waals surface area contributed by atoms with Gasteiger partial charge in [-0.1, -0.05) is 18.2 Å². The van der Waals surface area contributed by atoms with E-state index in [1.165, 1.54) is 12.1 Å². The molecule has 0 N–H and O–H groups in total. The zero-order valence-electron chi connectivity index (χ0n) is 15.1. The Morgan fingerprint density at radius 1 is 0.821 bits per heavy atom. The third-order valence-corrected chi connectivity index (χ3v) is 5.21. The van der Waals surface area contributed by atoms with Crippen LogP contribution in [0.3, 0.4) is 0 Å². The Balaban J connectivity index is 1.44. The lowest BCUT2D eigenvalue weighted by atomic mass is 10.0. The number of hydrogen-bond acceptors (Lipinski definition) is 3. The van der Waals surface area contributed by atoms with Gasteiger partial charge in [-0.2, -0.15) is 0 Å². The lowest BCUT2D eigenvalue weighted by Gasteiger charge is -2.16. The fraction of sp³-hybridized carbons (Fsp3) is 0.130. The lowest BCUT2D eigenvalue weighted by Crippen LogP contribution is -2.18. The summed E-state index contributed by atoms with van der Waals surface area (Å²) in [6.45, 7) is 1.48. The Kier molecular flexibility index (Phi) is 4.10. The van der Waals surface area contributed by atoms with Crippen LogP contribution in [0.15, 0.2) is 67.0 Å². The molecule has 0 spiro atoms. The van der Waals surface area contributed by atoms with Gasteiger partial charge in [-0.3, -0.25) is 14.9 Å². The molecule has 5 rings (SSSR count). The van der Waals surface area contributed by atoms with E-state index in [-0.39, 0.29) is 12.1 Å². The van der Waals surface area contributed by atoms with Crippen LogP contribution in [0.5, 0.6) is 0 Å². The van der Waals surface area contributed by atoms with E-state index < -0.39 is 11.6 Å². The first-order valence-corrected chi connectivity index (χ1v) is 9.15. The maximum atomic E-state index is 14.8. The maximum absolute atomic E-state index is 14.8. The van der Waals surface area contributed by atoms with Gasteiger partial charge in [-0.05, 0) is 53.1 Å². The topological polar surface area (TPSA) is 29.0 Å². The summed E-state index contributed by atoms with van der Waals surface area (Å²) in [5, 5.41) is 0.937. The first-order chi connectivity index (χ1) is 13.7. The van der Waals surface area contributed by atoms with Gasteiger partial charge in [0.05, 0.1) is 11.2 Å². The number of aromatic nitrogens is 2. The molecule has 138 valence electrons. The molecule has 0 atom stereocenters. The molecule has 3 heterocycles. The largest absolute Gasteiger partial charge is 0.289 e. The number of halogens is 2. The molecule has 3 nitrogen and oxygen atoms in total. The second-order valence-electron chi connectivity index (χ2n) is 7.08. The molecule has 0 saturated heterocycles. The minimum Gasteiger partial charge on any atom is -0.289 e. The fourth-order valence-corrected chi connectivity index (χ4v) is 3.78. The van der Waals surface area contributed by atoms with Crippen molar-refractivity contribution in [1.29, 1.82) is 0 Å². The van der Waals surface area contributed by atoms with E-state index in [1.54, 1.807) is 12.4 Å². The highest BCUT2D eigenvalue weighted by molar-refractivity contribution is 5.84. The van der Waals surface area contributed by atoms with Crippen molar-refractivity contribution in [2.24, 2.45) is 0 Å². The molecule has 4 aromatic rings. The highest BCUT2D eigenvalue weighted by Crippen LogP contribution is 2.29. The molecule has 0 fully saturated rings. The summed E-state index contributed by atoms with van der Waals surface area (Å²) in [7, 11) is 0. The number of fused-ring (bicyclic) bond motifs is 2. The fourth-order valence-electron chi connectivity index (χ4n) is 3.78. The number of nitrogens with zero attached hydrogens (tertiary/aromatic N) is 3. The molecule has 2 aromatic carbocycles. The highest BCUT2D eigenvalue weighted by Gasteiger charge is 2.22. The molecule has 1 aliphatic heterocycles. The minimum absolute atomic E-state index is 0.0963. The smallest absolute Gasteiger partial charge is 0.131 e. The molecule has 28 heavy (non-hydrogen) atoms. The van der Waals surface area contributed by atoms with Gasteiger partial charge in [0, 0.05) is 43.0 Å². The van der Waals surface area contributed by atoms with Crippen molar-refractivity contribution in [3.05, 3.63) is 95.4 Å². The van der Waals surface area contributed by atoms with Crippen LogP contribution < -0.4 is 0 Å². The zero-order valence-corrected chi connectivity index (χ0v) is 15.1. The molecule has 0 unspecified atom stereocenters. The summed E-state index contributed by atoms with van der Waals surface area (Å²) < 4.78 is 29.6. The SMILES string of the molecule is Fc1cc(-c2ccc3ncccc3c2)cc(F)c1CN1Cc2cccnc2C1. The minimum atomic E-state index is -0.523. The van der Waals surface area contributed by atoms with Gasteiger partial charge < -0.3 is 0 Å². The number of hydrogen-bond donors (Lipinski definition) is 0. The number of rotatable bonds is 3. The molecule has 2 aromatic heterocycles. The first kappa shape index (κ1) is 17.0. The van der Waals surface area contributed by atoms with Crippen molar-refractivity contribution in [3.8, 4) is 11.1 Å². The van der Waals surface area contributed by atoms with Crippen LogP contribution in [0.1, 0.15) is 16.8 Å². The Bertz CT molecular complexity index is 1140. The van der Waals surface area contributed by atoms with Gasteiger partial charge in [-0.25, -0.2) is 8.78 Å². The van der Waals surface area contributed by atoms with Gasteiger partial charge in [0.2, 0.25) is 0 Å². The summed E-state index contributed by atoms with van der Waals surface area (Å²) in [6.07, 6.45) is 3.47.